The van der Waals surface area contributed by atoms with Crippen LogP contribution in [0.4, 0.5) is 5.69 Å². The van der Waals surface area contributed by atoms with Crippen molar-refractivity contribution in [2.45, 2.75) is 13.5 Å². The molecule has 110 valence electrons. The number of carbonyl (C=O) groups excluding carboxylic acids is 1. The number of carbonyl (C=O) groups is 1. The van der Waals surface area contributed by atoms with Crippen LogP contribution in [0.3, 0.4) is 0 Å². The van der Waals surface area contributed by atoms with Crippen LogP contribution in [-0.4, -0.2) is 20.9 Å². The molecule has 0 bridgehead atoms. The standard InChI is InChI=1S/C16H14N4O2/c1-11-6-2-4-8-13(11)17-15(21)10-20-16(22)12-7-3-5-9-14(12)18-19-20/h2-9H,10H2,1H3,(H,17,21). The number of hydrogen-bond acceptors (Lipinski definition) is 4. The lowest BCUT2D eigenvalue weighted by Gasteiger charge is -2.08. The molecule has 1 amide bonds. The van der Waals surface area contributed by atoms with E-state index in [-0.39, 0.29) is 18.0 Å². The van der Waals surface area contributed by atoms with E-state index in [1.807, 2.05) is 31.2 Å². The Kier molecular flexibility index (Phi) is 3.65. The molecule has 22 heavy (non-hydrogen) atoms. The predicted molar refractivity (Wildman–Crippen MR) is 83.6 cm³/mol. The number of aromatic nitrogens is 3. The van der Waals surface area contributed by atoms with Crippen LogP contribution in [0.15, 0.2) is 53.3 Å². The van der Waals surface area contributed by atoms with Crippen LogP contribution in [0.2, 0.25) is 0 Å². The van der Waals surface area contributed by atoms with Crippen molar-refractivity contribution in [2.75, 3.05) is 5.32 Å². The third-order valence-electron chi connectivity index (χ3n) is 3.34. The average Bonchev–Trinajstić information content (AvgIpc) is 2.53. The highest BCUT2D eigenvalue weighted by Crippen LogP contribution is 2.12. The molecule has 3 aromatic rings. The smallest absolute Gasteiger partial charge is 0.278 e. The van der Waals surface area contributed by atoms with Crippen molar-refractivity contribution >= 4 is 22.5 Å². The second kappa shape index (κ2) is 5.77. The zero-order valence-corrected chi connectivity index (χ0v) is 12.0. The highest BCUT2D eigenvalue weighted by Gasteiger charge is 2.10. The van der Waals surface area contributed by atoms with Crippen molar-refractivity contribution < 1.29 is 4.79 Å². The summed E-state index contributed by atoms with van der Waals surface area (Å²) in [5.41, 5.74) is 1.86. The van der Waals surface area contributed by atoms with Gasteiger partial charge in [-0.05, 0) is 30.7 Å². The van der Waals surface area contributed by atoms with Gasteiger partial charge in [-0.1, -0.05) is 35.5 Å². The number of nitrogens with zero attached hydrogens (tertiary/aromatic N) is 3. The second-order valence-corrected chi connectivity index (χ2v) is 4.93. The number of nitrogens with one attached hydrogen (secondary N) is 1. The Balaban J connectivity index is 1.84. The number of anilines is 1. The lowest BCUT2D eigenvalue weighted by molar-refractivity contribution is -0.117. The van der Waals surface area contributed by atoms with Crippen molar-refractivity contribution in [3.05, 3.63) is 64.4 Å². The number of fused-ring (bicyclic) bond motifs is 1. The Morgan fingerprint density at radius 3 is 2.68 bits per heavy atom. The van der Waals surface area contributed by atoms with Gasteiger partial charge in [0.1, 0.15) is 12.1 Å². The summed E-state index contributed by atoms with van der Waals surface area (Å²) in [6.45, 7) is 1.72. The molecule has 1 aromatic heterocycles. The van der Waals surface area contributed by atoms with Crippen molar-refractivity contribution in [1.29, 1.82) is 0 Å². The molecule has 6 nitrogen and oxygen atoms in total. The topological polar surface area (TPSA) is 76.9 Å². The van der Waals surface area contributed by atoms with Gasteiger partial charge in [-0.2, -0.15) is 0 Å². The van der Waals surface area contributed by atoms with E-state index in [1.165, 1.54) is 0 Å². The van der Waals surface area contributed by atoms with Crippen LogP contribution >= 0.6 is 0 Å². The minimum absolute atomic E-state index is 0.176. The molecule has 0 aliphatic carbocycles. The summed E-state index contributed by atoms with van der Waals surface area (Å²) in [6.07, 6.45) is 0. The molecule has 3 rings (SSSR count). The largest absolute Gasteiger partial charge is 0.324 e. The fourth-order valence-electron chi connectivity index (χ4n) is 2.17. The number of amides is 1. The van der Waals surface area contributed by atoms with Gasteiger partial charge in [-0.15, -0.1) is 5.10 Å². The van der Waals surface area contributed by atoms with Gasteiger partial charge in [0.15, 0.2) is 0 Å². The first kappa shape index (κ1) is 13.9. The fraction of sp³-hybridized carbons (Fsp3) is 0.125. The maximum absolute atomic E-state index is 12.3. The van der Waals surface area contributed by atoms with Gasteiger partial charge in [0.25, 0.3) is 5.56 Å². The van der Waals surface area contributed by atoms with Gasteiger partial charge in [0.05, 0.1) is 5.39 Å². The normalized spacial score (nSPS) is 10.6. The summed E-state index contributed by atoms with van der Waals surface area (Å²) in [6, 6.07) is 14.4. The lowest BCUT2D eigenvalue weighted by atomic mass is 10.2. The van der Waals surface area contributed by atoms with Crippen molar-refractivity contribution in [2.24, 2.45) is 0 Å². The Labute approximate surface area is 126 Å². The van der Waals surface area contributed by atoms with Gasteiger partial charge in [-0.3, -0.25) is 9.59 Å². The first-order valence-electron chi connectivity index (χ1n) is 6.83. The number of hydrogen-bond donors (Lipinski definition) is 1. The van der Waals surface area contributed by atoms with Gasteiger partial charge < -0.3 is 5.32 Å². The Hall–Kier alpha value is -3.02. The maximum atomic E-state index is 12.3. The predicted octanol–water partition coefficient (Wildman–Crippen LogP) is 1.74. The molecule has 2 aromatic carbocycles. The van der Waals surface area contributed by atoms with E-state index in [4.69, 9.17) is 0 Å². The van der Waals surface area contributed by atoms with Gasteiger partial charge in [0, 0.05) is 5.69 Å². The minimum atomic E-state index is -0.328. The molecule has 0 saturated carbocycles. The van der Waals surface area contributed by atoms with Crippen LogP contribution < -0.4 is 10.9 Å². The van der Waals surface area contributed by atoms with Gasteiger partial charge in [0.2, 0.25) is 5.91 Å². The fourth-order valence-corrected chi connectivity index (χ4v) is 2.17. The highest BCUT2D eigenvalue weighted by atomic mass is 16.2. The zero-order valence-electron chi connectivity index (χ0n) is 12.0. The van der Waals surface area contributed by atoms with Crippen LogP contribution in [0.25, 0.3) is 10.9 Å². The van der Waals surface area contributed by atoms with Crippen LogP contribution in [0, 0.1) is 6.92 Å². The van der Waals surface area contributed by atoms with Crippen LogP contribution in [0.5, 0.6) is 0 Å². The van der Waals surface area contributed by atoms with E-state index in [1.54, 1.807) is 24.3 Å². The molecular formula is C16H14N4O2. The summed E-state index contributed by atoms with van der Waals surface area (Å²) in [5.74, 6) is -0.319. The van der Waals surface area contributed by atoms with Crippen LogP contribution in [-0.2, 0) is 11.3 Å². The van der Waals surface area contributed by atoms with Gasteiger partial charge in [-0.25, -0.2) is 4.68 Å². The highest BCUT2D eigenvalue weighted by molar-refractivity contribution is 5.91. The number of benzene rings is 2. The molecular weight excluding hydrogens is 280 g/mol. The third kappa shape index (κ3) is 2.71. The lowest BCUT2D eigenvalue weighted by Crippen LogP contribution is -2.30. The molecule has 0 aliphatic heterocycles. The SMILES string of the molecule is Cc1ccccc1NC(=O)Cn1nnc2ccccc2c1=O. The maximum Gasteiger partial charge on any atom is 0.278 e. The summed E-state index contributed by atoms with van der Waals surface area (Å²) in [5, 5.41) is 11.0. The summed E-state index contributed by atoms with van der Waals surface area (Å²) < 4.78 is 1.07. The summed E-state index contributed by atoms with van der Waals surface area (Å²) in [4.78, 5) is 24.3. The Morgan fingerprint density at radius 2 is 1.86 bits per heavy atom. The van der Waals surface area contributed by atoms with Crippen molar-refractivity contribution in [3.63, 3.8) is 0 Å². The molecule has 0 unspecified atom stereocenters. The summed E-state index contributed by atoms with van der Waals surface area (Å²) >= 11 is 0. The van der Waals surface area contributed by atoms with Crippen molar-refractivity contribution in [3.8, 4) is 0 Å². The van der Waals surface area contributed by atoms with E-state index in [2.05, 4.69) is 15.6 Å². The van der Waals surface area contributed by atoms with E-state index in [9.17, 15) is 9.59 Å². The monoisotopic (exact) mass is 294 g/mol. The number of para-hydroxylation sites is 1. The number of rotatable bonds is 3. The van der Waals surface area contributed by atoms with E-state index in [0.717, 1.165) is 10.2 Å². The Bertz CT molecular complexity index is 902. The van der Waals surface area contributed by atoms with Crippen molar-refractivity contribution in [1.82, 2.24) is 15.0 Å². The van der Waals surface area contributed by atoms with E-state index < -0.39 is 0 Å². The Morgan fingerprint density at radius 1 is 1.14 bits per heavy atom. The molecule has 1 N–H and O–H groups in total. The van der Waals surface area contributed by atoms with E-state index >= 15 is 0 Å². The molecule has 0 spiro atoms. The minimum Gasteiger partial charge on any atom is -0.324 e. The number of aryl methyl sites for hydroxylation is 1. The second-order valence-electron chi connectivity index (χ2n) is 4.93. The first-order chi connectivity index (χ1) is 10.6. The quantitative estimate of drug-likeness (QED) is 0.798. The average molecular weight is 294 g/mol. The molecule has 0 radical (unpaired) electrons. The third-order valence-corrected chi connectivity index (χ3v) is 3.34. The summed E-state index contributed by atoms with van der Waals surface area (Å²) in [7, 11) is 0. The van der Waals surface area contributed by atoms with Crippen LogP contribution in [0.1, 0.15) is 5.56 Å². The first-order valence-corrected chi connectivity index (χ1v) is 6.83. The van der Waals surface area contributed by atoms with E-state index in [0.29, 0.717) is 16.6 Å². The molecule has 0 fully saturated rings. The molecule has 1 heterocycles. The zero-order chi connectivity index (χ0) is 15.5. The molecule has 0 saturated heterocycles. The molecule has 0 atom stereocenters. The molecule has 0 aliphatic rings. The van der Waals surface area contributed by atoms with Gasteiger partial charge >= 0.3 is 0 Å². The molecule has 6 heteroatoms.